The monoisotopic (exact) mass is 397 g/mol. The Bertz CT molecular complexity index is 262. The van der Waals surface area contributed by atoms with Crippen LogP contribution in [-0.4, -0.2) is 36.8 Å². The molecule has 0 spiro atoms. The number of hydrogen-bond acceptors (Lipinski definition) is 2. The zero-order chi connectivity index (χ0) is 13.9. The third-order valence-corrected chi connectivity index (χ3v) is 3.77. The van der Waals surface area contributed by atoms with Gasteiger partial charge in [-0.2, -0.15) is 0 Å². The predicted octanol–water partition coefficient (Wildman–Crippen LogP) is 2.90. The van der Waals surface area contributed by atoms with Crippen molar-refractivity contribution in [2.45, 2.75) is 64.9 Å². The van der Waals surface area contributed by atoms with Gasteiger partial charge in [0, 0.05) is 25.6 Å². The van der Waals surface area contributed by atoms with Crippen molar-refractivity contribution in [3.63, 3.8) is 0 Å². The molecule has 20 heavy (non-hydrogen) atoms. The second-order valence-corrected chi connectivity index (χ2v) is 5.47. The van der Waals surface area contributed by atoms with E-state index < -0.39 is 0 Å². The molecule has 4 nitrogen and oxygen atoms in total. The van der Waals surface area contributed by atoms with Crippen molar-refractivity contribution >= 4 is 29.9 Å². The highest BCUT2D eigenvalue weighted by Gasteiger charge is 2.24. The van der Waals surface area contributed by atoms with Crippen LogP contribution in [0.3, 0.4) is 0 Å². The van der Waals surface area contributed by atoms with Crippen LogP contribution in [0, 0.1) is 5.92 Å². The molecule has 0 saturated heterocycles. The van der Waals surface area contributed by atoms with Crippen molar-refractivity contribution < 1.29 is 5.11 Å². The highest BCUT2D eigenvalue weighted by Crippen LogP contribution is 2.25. The Hall–Kier alpha value is -0.0400. The molecule has 5 heteroatoms. The molecule has 1 fully saturated rings. The van der Waals surface area contributed by atoms with Crippen molar-refractivity contribution in [2.75, 3.05) is 19.6 Å². The Kier molecular flexibility index (Phi) is 12.7. The maximum Gasteiger partial charge on any atom is 0.191 e. The fourth-order valence-electron chi connectivity index (χ4n) is 2.54. The Morgan fingerprint density at radius 1 is 1.15 bits per heavy atom. The Morgan fingerprint density at radius 3 is 2.55 bits per heavy atom. The summed E-state index contributed by atoms with van der Waals surface area (Å²) in [6.45, 7) is 6.92. The average molecular weight is 397 g/mol. The number of halogens is 1. The third-order valence-electron chi connectivity index (χ3n) is 3.77. The summed E-state index contributed by atoms with van der Waals surface area (Å²) in [6, 6.07) is 0. The minimum absolute atomic E-state index is 0. The number of nitrogens with one attached hydrogen (secondary N) is 2. The molecule has 0 aromatic heterocycles. The molecule has 3 N–H and O–H groups in total. The Morgan fingerprint density at radius 2 is 1.95 bits per heavy atom. The molecular weight excluding hydrogens is 365 g/mol. The number of aliphatic hydroxyl groups excluding tert-OH is 1. The van der Waals surface area contributed by atoms with E-state index in [1.54, 1.807) is 0 Å². The smallest absolute Gasteiger partial charge is 0.191 e. The maximum atomic E-state index is 9.79. The fraction of sp³-hybridized carbons (Fsp3) is 0.933. The van der Waals surface area contributed by atoms with E-state index in [1.807, 2.05) is 0 Å². The fourth-order valence-corrected chi connectivity index (χ4v) is 2.54. The van der Waals surface area contributed by atoms with Gasteiger partial charge in [0.1, 0.15) is 0 Å². The molecule has 120 valence electrons. The zero-order valence-electron chi connectivity index (χ0n) is 13.0. The molecule has 0 bridgehead atoms. The third kappa shape index (κ3) is 8.29. The molecule has 0 aromatic carbocycles. The minimum Gasteiger partial charge on any atom is -0.393 e. The summed E-state index contributed by atoms with van der Waals surface area (Å²) < 4.78 is 0. The summed E-state index contributed by atoms with van der Waals surface area (Å²) >= 11 is 0. The van der Waals surface area contributed by atoms with Crippen molar-refractivity contribution in [3.8, 4) is 0 Å². The van der Waals surface area contributed by atoms with Gasteiger partial charge < -0.3 is 15.7 Å². The molecule has 2 atom stereocenters. The molecule has 0 aromatic rings. The number of rotatable bonds is 8. The highest BCUT2D eigenvalue weighted by atomic mass is 127. The lowest BCUT2D eigenvalue weighted by atomic mass is 10.1. The number of guanidine groups is 1. The lowest BCUT2D eigenvalue weighted by Gasteiger charge is -2.14. The van der Waals surface area contributed by atoms with Crippen molar-refractivity contribution in [3.05, 3.63) is 0 Å². The summed E-state index contributed by atoms with van der Waals surface area (Å²) in [6.07, 6.45) is 8.12. The molecule has 0 amide bonds. The van der Waals surface area contributed by atoms with E-state index in [0.29, 0.717) is 5.92 Å². The van der Waals surface area contributed by atoms with Gasteiger partial charge in [-0.05, 0) is 26.2 Å². The molecule has 2 unspecified atom stereocenters. The Labute approximate surface area is 141 Å². The van der Waals surface area contributed by atoms with E-state index in [0.717, 1.165) is 44.9 Å². The first-order valence-electron chi connectivity index (χ1n) is 7.98. The number of unbranched alkanes of at least 4 members (excludes halogenated alkanes) is 3. The zero-order valence-corrected chi connectivity index (χ0v) is 15.4. The summed E-state index contributed by atoms with van der Waals surface area (Å²) in [4.78, 5) is 4.60. The van der Waals surface area contributed by atoms with E-state index in [-0.39, 0.29) is 30.1 Å². The van der Waals surface area contributed by atoms with Crippen LogP contribution in [-0.2, 0) is 0 Å². The number of hydrogen-bond donors (Lipinski definition) is 3. The first-order valence-corrected chi connectivity index (χ1v) is 7.98. The van der Waals surface area contributed by atoms with Crippen LogP contribution >= 0.6 is 24.0 Å². The molecule has 1 aliphatic rings. The van der Waals surface area contributed by atoms with Gasteiger partial charge in [0.15, 0.2) is 5.96 Å². The Balaban J connectivity index is 0.00000361. The molecular formula is C15H32IN3O. The van der Waals surface area contributed by atoms with Crippen LogP contribution in [0.1, 0.15) is 58.8 Å². The summed E-state index contributed by atoms with van der Waals surface area (Å²) in [5.74, 6) is 1.26. The second kappa shape index (κ2) is 12.7. The van der Waals surface area contributed by atoms with E-state index >= 15 is 0 Å². The van der Waals surface area contributed by atoms with Crippen LogP contribution < -0.4 is 10.6 Å². The van der Waals surface area contributed by atoms with Gasteiger partial charge in [0.05, 0.1) is 6.10 Å². The standard InChI is InChI=1S/C15H31N3O.HI/c1-3-5-6-7-11-17-15(16-4-2)18-12-13-9-8-10-14(13)19;/h13-14,19H,3-12H2,1-2H3,(H2,16,17,18);1H. The highest BCUT2D eigenvalue weighted by molar-refractivity contribution is 14.0. The van der Waals surface area contributed by atoms with Crippen LogP contribution in [0.2, 0.25) is 0 Å². The normalized spacial score (nSPS) is 22.4. The van der Waals surface area contributed by atoms with E-state index in [4.69, 9.17) is 0 Å². The molecule has 0 heterocycles. The first kappa shape index (κ1) is 20.0. The topological polar surface area (TPSA) is 56.7 Å². The molecule has 0 aliphatic heterocycles. The van der Waals surface area contributed by atoms with Crippen LogP contribution in [0.5, 0.6) is 0 Å². The van der Waals surface area contributed by atoms with E-state index in [2.05, 4.69) is 29.5 Å². The number of aliphatic hydroxyl groups is 1. The van der Waals surface area contributed by atoms with Crippen LogP contribution in [0.4, 0.5) is 0 Å². The number of nitrogens with zero attached hydrogens (tertiary/aromatic N) is 1. The van der Waals surface area contributed by atoms with Gasteiger partial charge in [0.25, 0.3) is 0 Å². The maximum absolute atomic E-state index is 9.79. The molecule has 0 radical (unpaired) electrons. The van der Waals surface area contributed by atoms with Gasteiger partial charge >= 0.3 is 0 Å². The van der Waals surface area contributed by atoms with Crippen LogP contribution in [0.25, 0.3) is 0 Å². The average Bonchev–Trinajstić information content (AvgIpc) is 2.81. The van der Waals surface area contributed by atoms with E-state index in [9.17, 15) is 5.11 Å². The lowest BCUT2D eigenvalue weighted by molar-refractivity contribution is 0.136. The molecule has 1 saturated carbocycles. The minimum atomic E-state index is -0.142. The van der Waals surface area contributed by atoms with Gasteiger partial charge in [-0.1, -0.05) is 32.6 Å². The van der Waals surface area contributed by atoms with Crippen molar-refractivity contribution in [1.29, 1.82) is 0 Å². The molecule has 1 rings (SSSR count). The quantitative estimate of drug-likeness (QED) is 0.256. The summed E-state index contributed by atoms with van der Waals surface area (Å²) in [7, 11) is 0. The lowest BCUT2D eigenvalue weighted by Crippen LogP contribution is -2.38. The first-order chi connectivity index (χ1) is 9.27. The van der Waals surface area contributed by atoms with Crippen molar-refractivity contribution in [2.24, 2.45) is 10.9 Å². The predicted molar refractivity (Wildman–Crippen MR) is 96.9 cm³/mol. The van der Waals surface area contributed by atoms with Crippen LogP contribution in [0.15, 0.2) is 4.99 Å². The molecule has 1 aliphatic carbocycles. The van der Waals surface area contributed by atoms with E-state index in [1.165, 1.54) is 25.7 Å². The largest absolute Gasteiger partial charge is 0.393 e. The second-order valence-electron chi connectivity index (χ2n) is 5.47. The number of aliphatic imine (C=N–C) groups is 1. The summed E-state index contributed by atoms with van der Waals surface area (Å²) in [5.41, 5.74) is 0. The van der Waals surface area contributed by atoms with Gasteiger partial charge in [0.2, 0.25) is 0 Å². The van der Waals surface area contributed by atoms with Gasteiger partial charge in [-0.15, -0.1) is 24.0 Å². The van der Waals surface area contributed by atoms with Crippen molar-refractivity contribution in [1.82, 2.24) is 10.6 Å². The van der Waals surface area contributed by atoms with Gasteiger partial charge in [-0.25, -0.2) is 0 Å². The summed E-state index contributed by atoms with van der Waals surface area (Å²) in [5, 5.41) is 16.4. The SMILES string of the molecule is CCCCCCNC(=NCC1CCCC1O)NCC.I. The van der Waals surface area contributed by atoms with Gasteiger partial charge in [-0.3, -0.25) is 4.99 Å².